The summed E-state index contributed by atoms with van der Waals surface area (Å²) >= 11 is 1.30. The van der Waals surface area contributed by atoms with Crippen molar-refractivity contribution in [3.8, 4) is 0 Å². The van der Waals surface area contributed by atoms with Gasteiger partial charge in [-0.05, 0) is 30.4 Å². The zero-order chi connectivity index (χ0) is 17.5. The first-order valence-electron chi connectivity index (χ1n) is 8.38. The minimum atomic E-state index is -3.51. The van der Waals surface area contributed by atoms with E-state index in [2.05, 4.69) is 5.32 Å². The number of carbonyl (C=O) groups is 1. The van der Waals surface area contributed by atoms with Gasteiger partial charge in [0.25, 0.3) is 10.0 Å². The van der Waals surface area contributed by atoms with E-state index in [1.807, 2.05) is 24.3 Å². The molecule has 0 saturated carbocycles. The Bertz CT molecular complexity index is 865. The number of fused-ring (bicyclic) bond motifs is 1. The van der Waals surface area contributed by atoms with Gasteiger partial charge in [0.1, 0.15) is 4.21 Å². The fraction of sp³-hybridized carbons (Fsp3) is 0.471. The molecule has 0 atom stereocenters. The van der Waals surface area contributed by atoms with E-state index in [0.717, 1.165) is 10.1 Å². The van der Waals surface area contributed by atoms with Crippen molar-refractivity contribution in [3.05, 3.63) is 30.3 Å². The minimum absolute atomic E-state index is 0.0155. The number of ether oxygens (including phenoxy) is 1. The molecule has 0 bridgehead atoms. The number of amides is 1. The third-order valence-electron chi connectivity index (χ3n) is 4.95. The van der Waals surface area contributed by atoms with Crippen LogP contribution in [0.25, 0.3) is 10.1 Å². The molecular formula is C17H20N2O4S2. The maximum Gasteiger partial charge on any atom is 0.252 e. The number of rotatable bonds is 2. The first kappa shape index (κ1) is 17.0. The topological polar surface area (TPSA) is 75.7 Å². The third kappa shape index (κ3) is 3.19. The standard InChI is InChI=1S/C17H20N2O4S2/c20-15-12-17(23-10-7-18-15)5-8-19(9-6-17)25(21,22)16-11-13-3-1-2-4-14(13)24-16/h1-4,11H,5-10,12H2,(H,18,20). The maximum atomic E-state index is 13.0. The molecule has 1 aromatic carbocycles. The SMILES string of the molecule is O=C1CC2(CCN(S(=O)(=O)c3cc4ccccc4s3)CC2)OCCN1. The summed E-state index contributed by atoms with van der Waals surface area (Å²) in [7, 11) is -3.51. The molecule has 4 rings (SSSR count). The van der Waals surface area contributed by atoms with E-state index < -0.39 is 15.6 Å². The Kier molecular flexibility index (Phi) is 4.31. The van der Waals surface area contributed by atoms with Crippen molar-refractivity contribution in [1.82, 2.24) is 9.62 Å². The molecule has 134 valence electrons. The van der Waals surface area contributed by atoms with Crippen LogP contribution in [0, 0.1) is 0 Å². The normalized spacial score (nSPS) is 22.0. The quantitative estimate of drug-likeness (QED) is 0.864. The summed E-state index contributed by atoms with van der Waals surface area (Å²) in [6.45, 7) is 1.76. The molecule has 25 heavy (non-hydrogen) atoms. The number of hydrogen-bond donors (Lipinski definition) is 1. The zero-order valence-corrected chi connectivity index (χ0v) is 15.4. The Morgan fingerprint density at radius 2 is 1.96 bits per heavy atom. The molecule has 0 unspecified atom stereocenters. The van der Waals surface area contributed by atoms with Gasteiger partial charge in [-0.2, -0.15) is 4.31 Å². The Morgan fingerprint density at radius 1 is 1.20 bits per heavy atom. The molecule has 1 amide bonds. The lowest BCUT2D eigenvalue weighted by atomic mass is 9.88. The maximum absolute atomic E-state index is 13.0. The van der Waals surface area contributed by atoms with Crippen molar-refractivity contribution in [1.29, 1.82) is 0 Å². The van der Waals surface area contributed by atoms with Gasteiger partial charge in [-0.1, -0.05) is 18.2 Å². The summed E-state index contributed by atoms with van der Waals surface area (Å²) < 4.78 is 34.7. The molecule has 1 aromatic heterocycles. The lowest BCUT2D eigenvalue weighted by Gasteiger charge is -2.39. The van der Waals surface area contributed by atoms with E-state index in [9.17, 15) is 13.2 Å². The van der Waals surface area contributed by atoms with Crippen LogP contribution in [0.2, 0.25) is 0 Å². The average molecular weight is 380 g/mol. The molecule has 2 aliphatic rings. The highest BCUT2D eigenvalue weighted by Gasteiger charge is 2.42. The van der Waals surface area contributed by atoms with Crippen molar-refractivity contribution < 1.29 is 17.9 Å². The third-order valence-corrected chi connectivity index (χ3v) is 8.41. The summed E-state index contributed by atoms with van der Waals surface area (Å²) in [5, 5.41) is 3.75. The van der Waals surface area contributed by atoms with Crippen molar-refractivity contribution in [2.75, 3.05) is 26.2 Å². The molecule has 2 aliphatic heterocycles. The lowest BCUT2D eigenvalue weighted by molar-refractivity contribution is -0.127. The molecule has 6 nitrogen and oxygen atoms in total. The molecule has 2 saturated heterocycles. The van der Waals surface area contributed by atoms with Crippen molar-refractivity contribution in [2.24, 2.45) is 0 Å². The summed E-state index contributed by atoms with van der Waals surface area (Å²) in [6.07, 6.45) is 1.40. The Hall–Kier alpha value is -1.48. The largest absolute Gasteiger partial charge is 0.373 e. The van der Waals surface area contributed by atoms with Crippen LogP contribution in [-0.2, 0) is 19.6 Å². The van der Waals surface area contributed by atoms with E-state index in [1.54, 1.807) is 6.07 Å². The van der Waals surface area contributed by atoms with Crippen LogP contribution in [0.4, 0.5) is 0 Å². The molecule has 0 aliphatic carbocycles. The van der Waals surface area contributed by atoms with Crippen LogP contribution in [0.1, 0.15) is 19.3 Å². The first-order chi connectivity index (χ1) is 12.0. The van der Waals surface area contributed by atoms with Gasteiger partial charge in [-0.15, -0.1) is 11.3 Å². The number of carbonyl (C=O) groups excluding carboxylic acids is 1. The van der Waals surface area contributed by atoms with E-state index in [0.29, 0.717) is 49.7 Å². The predicted octanol–water partition coefficient (Wildman–Crippen LogP) is 1.96. The van der Waals surface area contributed by atoms with Crippen LogP contribution < -0.4 is 5.32 Å². The fourth-order valence-electron chi connectivity index (χ4n) is 3.53. The van der Waals surface area contributed by atoms with E-state index >= 15 is 0 Å². The number of nitrogens with zero attached hydrogens (tertiary/aromatic N) is 1. The van der Waals surface area contributed by atoms with Gasteiger partial charge in [0.05, 0.1) is 18.6 Å². The van der Waals surface area contributed by atoms with Crippen LogP contribution in [0.3, 0.4) is 0 Å². The van der Waals surface area contributed by atoms with Gasteiger partial charge in [-0.3, -0.25) is 4.79 Å². The second-order valence-electron chi connectivity index (χ2n) is 6.57. The number of sulfonamides is 1. The predicted molar refractivity (Wildman–Crippen MR) is 96.1 cm³/mol. The minimum Gasteiger partial charge on any atom is -0.373 e. The van der Waals surface area contributed by atoms with E-state index in [-0.39, 0.29) is 5.91 Å². The fourth-order valence-corrected chi connectivity index (χ4v) is 6.53. The number of thiophene rings is 1. The number of benzene rings is 1. The molecule has 1 N–H and O–H groups in total. The molecular weight excluding hydrogens is 360 g/mol. The highest BCUT2D eigenvalue weighted by atomic mass is 32.2. The van der Waals surface area contributed by atoms with Crippen molar-refractivity contribution in [3.63, 3.8) is 0 Å². The smallest absolute Gasteiger partial charge is 0.252 e. The van der Waals surface area contributed by atoms with E-state index in [1.165, 1.54) is 15.6 Å². The summed E-state index contributed by atoms with van der Waals surface area (Å²) in [5.74, 6) is -0.0155. The summed E-state index contributed by atoms with van der Waals surface area (Å²) in [6, 6.07) is 9.42. The van der Waals surface area contributed by atoms with Gasteiger partial charge in [0.15, 0.2) is 0 Å². The second kappa shape index (κ2) is 6.35. The van der Waals surface area contributed by atoms with Gasteiger partial charge in [-0.25, -0.2) is 8.42 Å². The Morgan fingerprint density at radius 3 is 2.72 bits per heavy atom. The van der Waals surface area contributed by atoms with Gasteiger partial charge in [0.2, 0.25) is 5.91 Å². The zero-order valence-electron chi connectivity index (χ0n) is 13.7. The van der Waals surface area contributed by atoms with Crippen LogP contribution in [-0.4, -0.2) is 50.5 Å². The Labute approximate surface area is 150 Å². The summed E-state index contributed by atoms with van der Waals surface area (Å²) in [4.78, 5) is 11.8. The van der Waals surface area contributed by atoms with Gasteiger partial charge >= 0.3 is 0 Å². The molecule has 8 heteroatoms. The van der Waals surface area contributed by atoms with Crippen molar-refractivity contribution in [2.45, 2.75) is 29.1 Å². The molecule has 2 aromatic rings. The van der Waals surface area contributed by atoms with Gasteiger partial charge in [0, 0.05) is 24.3 Å². The number of nitrogens with one attached hydrogen (secondary N) is 1. The number of hydrogen-bond acceptors (Lipinski definition) is 5. The number of piperidine rings is 1. The van der Waals surface area contributed by atoms with Crippen molar-refractivity contribution >= 4 is 37.4 Å². The Balaban J connectivity index is 1.54. The highest BCUT2D eigenvalue weighted by Crippen LogP contribution is 2.36. The van der Waals surface area contributed by atoms with Gasteiger partial charge < -0.3 is 10.1 Å². The van der Waals surface area contributed by atoms with Crippen LogP contribution >= 0.6 is 11.3 Å². The summed E-state index contributed by atoms with van der Waals surface area (Å²) in [5.41, 5.74) is -0.521. The van der Waals surface area contributed by atoms with E-state index in [4.69, 9.17) is 4.74 Å². The van der Waals surface area contributed by atoms with Crippen LogP contribution in [0.5, 0.6) is 0 Å². The molecule has 3 heterocycles. The first-order valence-corrected chi connectivity index (χ1v) is 10.6. The molecule has 0 radical (unpaired) electrons. The molecule has 1 spiro atoms. The highest BCUT2D eigenvalue weighted by molar-refractivity contribution is 7.91. The molecule has 2 fully saturated rings. The second-order valence-corrected chi connectivity index (χ2v) is 9.81. The lowest BCUT2D eigenvalue weighted by Crippen LogP contribution is -2.48. The van der Waals surface area contributed by atoms with Crippen LogP contribution in [0.15, 0.2) is 34.5 Å². The monoisotopic (exact) mass is 380 g/mol. The average Bonchev–Trinajstić information content (AvgIpc) is 2.96.